The normalized spacial score (nSPS) is 11.4. The van der Waals surface area contributed by atoms with Gasteiger partial charge in [0.15, 0.2) is 5.96 Å². The van der Waals surface area contributed by atoms with Gasteiger partial charge in [-0.1, -0.05) is 0 Å². The third kappa shape index (κ3) is 6.63. The van der Waals surface area contributed by atoms with Gasteiger partial charge in [0, 0.05) is 20.5 Å². The molecule has 0 heterocycles. The summed E-state index contributed by atoms with van der Waals surface area (Å²) in [4.78, 5) is 26.0. The van der Waals surface area contributed by atoms with Crippen molar-refractivity contribution in [1.82, 2.24) is 10.6 Å². The Labute approximate surface area is 94.7 Å². The number of carbonyl (C=O) groups excluding carboxylic acids is 2. The molecule has 7 nitrogen and oxygen atoms in total. The summed E-state index contributed by atoms with van der Waals surface area (Å²) >= 11 is 0. The number of nitrogens with zero attached hydrogens (tertiary/aromatic N) is 1. The van der Waals surface area contributed by atoms with E-state index in [-0.39, 0.29) is 17.8 Å². The molecular weight excluding hydrogens is 210 g/mol. The van der Waals surface area contributed by atoms with Crippen LogP contribution in [0.2, 0.25) is 0 Å². The van der Waals surface area contributed by atoms with Crippen LogP contribution in [-0.4, -0.2) is 37.4 Å². The first kappa shape index (κ1) is 14.2. The second kappa shape index (κ2) is 7.49. The van der Waals surface area contributed by atoms with Crippen LogP contribution in [0.25, 0.3) is 0 Å². The molecule has 0 spiro atoms. The standard InChI is InChI=1S/C9H19N5O2/c1-6(15)14-7(8(16)12-2)4-3-5-13-9(10)11/h7H,3-5H2,1-2H3,(H,12,16)(H,14,15)(H4,10,11,13)/t7-/m0/s1. The number of amides is 2. The van der Waals surface area contributed by atoms with Gasteiger partial charge >= 0.3 is 0 Å². The van der Waals surface area contributed by atoms with Crippen LogP contribution >= 0.6 is 0 Å². The molecule has 6 N–H and O–H groups in total. The zero-order chi connectivity index (χ0) is 12.6. The Hall–Kier alpha value is -1.79. The lowest BCUT2D eigenvalue weighted by Crippen LogP contribution is -2.44. The fourth-order valence-corrected chi connectivity index (χ4v) is 1.19. The molecule has 0 aliphatic carbocycles. The zero-order valence-corrected chi connectivity index (χ0v) is 9.62. The van der Waals surface area contributed by atoms with E-state index in [1.54, 1.807) is 0 Å². The van der Waals surface area contributed by atoms with Gasteiger partial charge in [-0.05, 0) is 12.8 Å². The minimum absolute atomic E-state index is 0.0241. The number of guanidine groups is 1. The molecule has 0 aromatic heterocycles. The van der Waals surface area contributed by atoms with Crippen LogP contribution in [0.4, 0.5) is 0 Å². The van der Waals surface area contributed by atoms with E-state index in [1.165, 1.54) is 14.0 Å². The Kier molecular flexibility index (Phi) is 6.66. The minimum atomic E-state index is -0.531. The summed E-state index contributed by atoms with van der Waals surface area (Å²) in [5, 5.41) is 5.04. The highest BCUT2D eigenvalue weighted by molar-refractivity contribution is 5.86. The fourth-order valence-electron chi connectivity index (χ4n) is 1.19. The van der Waals surface area contributed by atoms with Crippen LogP contribution in [-0.2, 0) is 9.59 Å². The number of aliphatic imine (C=N–C) groups is 1. The number of likely N-dealkylation sites (N-methyl/N-ethyl adjacent to an activating group) is 1. The van der Waals surface area contributed by atoms with Crippen molar-refractivity contribution < 1.29 is 9.59 Å². The largest absolute Gasteiger partial charge is 0.370 e. The van der Waals surface area contributed by atoms with E-state index in [1.807, 2.05) is 0 Å². The average Bonchev–Trinajstić information content (AvgIpc) is 2.20. The summed E-state index contributed by atoms with van der Waals surface area (Å²) in [7, 11) is 1.52. The van der Waals surface area contributed by atoms with Gasteiger partial charge in [-0.2, -0.15) is 0 Å². The minimum Gasteiger partial charge on any atom is -0.370 e. The lowest BCUT2D eigenvalue weighted by atomic mass is 10.1. The maximum atomic E-state index is 11.4. The quantitative estimate of drug-likeness (QED) is 0.246. The van der Waals surface area contributed by atoms with Crippen molar-refractivity contribution in [2.24, 2.45) is 16.5 Å². The first-order valence-corrected chi connectivity index (χ1v) is 5.01. The summed E-state index contributed by atoms with van der Waals surface area (Å²) in [6.45, 7) is 1.81. The van der Waals surface area contributed by atoms with Crippen LogP contribution in [0, 0.1) is 0 Å². The van der Waals surface area contributed by atoms with Gasteiger partial charge < -0.3 is 22.1 Å². The molecule has 7 heteroatoms. The Bertz CT molecular complexity index is 273. The van der Waals surface area contributed by atoms with E-state index >= 15 is 0 Å². The van der Waals surface area contributed by atoms with E-state index in [2.05, 4.69) is 15.6 Å². The lowest BCUT2D eigenvalue weighted by Gasteiger charge is -2.15. The lowest BCUT2D eigenvalue weighted by molar-refractivity contribution is -0.127. The van der Waals surface area contributed by atoms with Crippen LogP contribution in [0.5, 0.6) is 0 Å². The molecule has 0 aliphatic rings. The van der Waals surface area contributed by atoms with Gasteiger partial charge in [-0.25, -0.2) is 0 Å². The Morgan fingerprint density at radius 3 is 2.44 bits per heavy atom. The zero-order valence-electron chi connectivity index (χ0n) is 9.62. The van der Waals surface area contributed by atoms with Crippen molar-refractivity contribution in [2.45, 2.75) is 25.8 Å². The maximum Gasteiger partial charge on any atom is 0.242 e. The van der Waals surface area contributed by atoms with E-state index < -0.39 is 6.04 Å². The number of hydrogen-bond acceptors (Lipinski definition) is 3. The Morgan fingerprint density at radius 1 is 1.38 bits per heavy atom. The smallest absolute Gasteiger partial charge is 0.242 e. The molecule has 2 amide bonds. The number of rotatable bonds is 6. The third-order valence-electron chi connectivity index (χ3n) is 1.89. The summed E-state index contributed by atoms with van der Waals surface area (Å²) < 4.78 is 0. The monoisotopic (exact) mass is 229 g/mol. The van der Waals surface area contributed by atoms with Crippen molar-refractivity contribution in [3.63, 3.8) is 0 Å². The summed E-state index contributed by atoms with van der Waals surface area (Å²) in [6.07, 6.45) is 1.12. The molecule has 16 heavy (non-hydrogen) atoms. The second-order valence-electron chi connectivity index (χ2n) is 3.32. The molecule has 0 fully saturated rings. The number of nitrogens with two attached hydrogens (primary N) is 2. The third-order valence-corrected chi connectivity index (χ3v) is 1.89. The van der Waals surface area contributed by atoms with Crippen LogP contribution in [0.15, 0.2) is 4.99 Å². The van der Waals surface area contributed by atoms with Gasteiger partial charge in [0.2, 0.25) is 11.8 Å². The van der Waals surface area contributed by atoms with Gasteiger partial charge in [-0.3, -0.25) is 14.6 Å². The highest BCUT2D eigenvalue weighted by atomic mass is 16.2. The average molecular weight is 229 g/mol. The molecule has 92 valence electrons. The van der Waals surface area contributed by atoms with E-state index in [0.29, 0.717) is 19.4 Å². The van der Waals surface area contributed by atoms with Gasteiger partial charge in [-0.15, -0.1) is 0 Å². The number of carbonyl (C=O) groups is 2. The molecule has 0 rings (SSSR count). The molecule has 0 saturated carbocycles. The topological polar surface area (TPSA) is 123 Å². The molecule has 1 atom stereocenters. The predicted molar refractivity (Wildman–Crippen MR) is 61.6 cm³/mol. The van der Waals surface area contributed by atoms with Gasteiger partial charge in [0.1, 0.15) is 6.04 Å². The first-order chi connectivity index (χ1) is 7.47. The van der Waals surface area contributed by atoms with Gasteiger partial charge in [0.05, 0.1) is 0 Å². The second-order valence-corrected chi connectivity index (χ2v) is 3.32. The molecule has 0 unspecified atom stereocenters. The van der Waals surface area contributed by atoms with E-state index in [0.717, 1.165) is 0 Å². The number of hydrogen-bond donors (Lipinski definition) is 4. The van der Waals surface area contributed by atoms with Crippen molar-refractivity contribution in [2.75, 3.05) is 13.6 Å². The van der Waals surface area contributed by atoms with E-state index in [4.69, 9.17) is 11.5 Å². The number of nitrogens with one attached hydrogen (secondary N) is 2. The van der Waals surface area contributed by atoms with Crippen LogP contribution in [0.3, 0.4) is 0 Å². The fraction of sp³-hybridized carbons (Fsp3) is 0.667. The predicted octanol–water partition coefficient (Wildman–Crippen LogP) is -1.71. The SMILES string of the molecule is CNC(=O)[C@H](CCCN=C(N)N)NC(C)=O. The summed E-state index contributed by atoms with van der Waals surface area (Å²) in [5.41, 5.74) is 10.3. The first-order valence-electron chi connectivity index (χ1n) is 5.01. The van der Waals surface area contributed by atoms with E-state index in [9.17, 15) is 9.59 Å². The molecule has 0 saturated heterocycles. The Morgan fingerprint density at radius 2 is 2.00 bits per heavy atom. The van der Waals surface area contributed by atoms with Crippen LogP contribution in [0.1, 0.15) is 19.8 Å². The Balaban J connectivity index is 4.07. The molecule has 0 radical (unpaired) electrons. The highest BCUT2D eigenvalue weighted by Crippen LogP contribution is 1.98. The highest BCUT2D eigenvalue weighted by Gasteiger charge is 2.16. The van der Waals surface area contributed by atoms with Crippen LogP contribution < -0.4 is 22.1 Å². The maximum absolute atomic E-state index is 11.4. The molecular formula is C9H19N5O2. The van der Waals surface area contributed by atoms with Gasteiger partial charge in [0.25, 0.3) is 0 Å². The van der Waals surface area contributed by atoms with Crippen molar-refractivity contribution >= 4 is 17.8 Å². The summed E-state index contributed by atoms with van der Waals surface area (Å²) in [5.74, 6) is -0.439. The summed E-state index contributed by atoms with van der Waals surface area (Å²) in [6, 6.07) is -0.531. The molecule has 0 bridgehead atoms. The van der Waals surface area contributed by atoms with Crippen molar-refractivity contribution in [3.05, 3.63) is 0 Å². The van der Waals surface area contributed by atoms with Crippen molar-refractivity contribution in [1.29, 1.82) is 0 Å². The molecule has 0 aliphatic heterocycles. The molecule has 0 aromatic rings. The molecule has 0 aromatic carbocycles. The van der Waals surface area contributed by atoms with Crippen molar-refractivity contribution in [3.8, 4) is 0 Å².